The van der Waals surface area contributed by atoms with Crippen LogP contribution in [0.4, 0.5) is 0 Å². The van der Waals surface area contributed by atoms with Crippen molar-refractivity contribution in [2.45, 2.75) is 25.7 Å². The summed E-state index contributed by atoms with van der Waals surface area (Å²) in [7, 11) is 0. The van der Waals surface area contributed by atoms with Crippen LogP contribution >= 0.6 is 15.9 Å². The average Bonchev–Trinajstić information content (AvgIpc) is 2.17. The molecular weight excluding hydrogens is 270 g/mol. The highest BCUT2D eigenvalue weighted by atomic mass is 79.9. The monoisotopic (exact) mass is 285 g/mol. The van der Waals surface area contributed by atoms with Gasteiger partial charge in [-0.3, -0.25) is 4.79 Å². The number of hydrogen-bond donors (Lipinski definition) is 2. The summed E-state index contributed by atoms with van der Waals surface area (Å²) in [5.74, 6) is -1.10. The van der Waals surface area contributed by atoms with Gasteiger partial charge in [0.15, 0.2) is 0 Å². The van der Waals surface area contributed by atoms with Crippen molar-refractivity contribution in [3.8, 4) is 0 Å². The maximum absolute atomic E-state index is 11.0. The number of aliphatic carboxylic acids is 1. The van der Waals surface area contributed by atoms with Crippen molar-refractivity contribution >= 4 is 21.9 Å². The molecule has 0 fully saturated rings. The zero-order chi connectivity index (χ0) is 12.3. The van der Waals surface area contributed by atoms with Gasteiger partial charge in [-0.05, 0) is 23.1 Å². The SMILES string of the molecule is CC(C)c1ccc(C(CN)C(=O)O)cc1Br. The standard InChI is InChI=1S/C12H16BrNO2/c1-7(2)9-4-3-8(5-11(9)13)10(6-14)12(15)16/h3-5,7,10H,6,14H2,1-2H3,(H,15,16). The summed E-state index contributed by atoms with van der Waals surface area (Å²) in [6.07, 6.45) is 0. The van der Waals surface area contributed by atoms with Gasteiger partial charge in [-0.15, -0.1) is 0 Å². The summed E-state index contributed by atoms with van der Waals surface area (Å²) in [6.45, 7) is 4.30. The Morgan fingerprint density at radius 1 is 1.50 bits per heavy atom. The lowest BCUT2D eigenvalue weighted by Crippen LogP contribution is -2.21. The molecule has 0 aromatic heterocycles. The number of nitrogens with two attached hydrogens (primary N) is 1. The Balaban J connectivity index is 3.09. The van der Waals surface area contributed by atoms with Gasteiger partial charge in [0.05, 0.1) is 5.92 Å². The number of carboxylic acids is 1. The minimum absolute atomic E-state index is 0.114. The lowest BCUT2D eigenvalue weighted by Gasteiger charge is -2.14. The van der Waals surface area contributed by atoms with Crippen molar-refractivity contribution < 1.29 is 9.90 Å². The molecule has 0 saturated heterocycles. The van der Waals surface area contributed by atoms with E-state index in [0.717, 1.165) is 10.0 Å². The van der Waals surface area contributed by atoms with E-state index in [1.54, 1.807) is 0 Å². The summed E-state index contributed by atoms with van der Waals surface area (Å²) in [6, 6.07) is 5.64. The second kappa shape index (κ2) is 5.46. The van der Waals surface area contributed by atoms with Gasteiger partial charge in [0, 0.05) is 11.0 Å². The number of carboxylic acid groups (broad SMARTS) is 1. The molecule has 88 valence electrons. The number of benzene rings is 1. The first-order valence-electron chi connectivity index (χ1n) is 5.19. The molecule has 1 rings (SSSR count). The fraction of sp³-hybridized carbons (Fsp3) is 0.417. The van der Waals surface area contributed by atoms with Crippen molar-refractivity contribution in [2.24, 2.45) is 5.73 Å². The second-order valence-corrected chi connectivity index (χ2v) is 4.92. The highest BCUT2D eigenvalue weighted by molar-refractivity contribution is 9.10. The molecule has 0 bridgehead atoms. The smallest absolute Gasteiger partial charge is 0.312 e. The van der Waals surface area contributed by atoms with E-state index in [2.05, 4.69) is 29.8 Å². The predicted octanol–water partition coefficient (Wildman–Crippen LogP) is 2.70. The van der Waals surface area contributed by atoms with Crippen LogP contribution in [0, 0.1) is 0 Å². The van der Waals surface area contributed by atoms with Crippen LogP contribution in [0.15, 0.2) is 22.7 Å². The van der Waals surface area contributed by atoms with E-state index in [-0.39, 0.29) is 6.54 Å². The fourth-order valence-electron chi connectivity index (χ4n) is 1.61. The topological polar surface area (TPSA) is 63.3 Å². The Bertz CT molecular complexity index is 391. The number of carbonyl (C=O) groups is 1. The Morgan fingerprint density at radius 3 is 2.50 bits per heavy atom. The molecule has 1 aromatic rings. The third-order valence-corrected chi connectivity index (χ3v) is 3.27. The molecule has 0 spiro atoms. The first-order valence-corrected chi connectivity index (χ1v) is 5.98. The third-order valence-electron chi connectivity index (χ3n) is 2.58. The van der Waals surface area contributed by atoms with Crippen molar-refractivity contribution in [3.63, 3.8) is 0 Å². The Labute approximate surface area is 104 Å². The molecular formula is C12H16BrNO2. The first kappa shape index (κ1) is 13.2. The fourth-order valence-corrected chi connectivity index (χ4v) is 2.46. The van der Waals surface area contributed by atoms with Crippen LogP contribution in [0.1, 0.15) is 36.8 Å². The molecule has 0 radical (unpaired) electrons. The van der Waals surface area contributed by atoms with Crippen LogP contribution in [0.3, 0.4) is 0 Å². The minimum Gasteiger partial charge on any atom is -0.481 e. The third kappa shape index (κ3) is 2.83. The molecule has 0 aliphatic rings. The van der Waals surface area contributed by atoms with Crippen LogP contribution in [-0.4, -0.2) is 17.6 Å². The molecule has 16 heavy (non-hydrogen) atoms. The molecule has 0 saturated carbocycles. The Hall–Kier alpha value is -0.870. The average molecular weight is 286 g/mol. The highest BCUT2D eigenvalue weighted by Gasteiger charge is 2.19. The molecule has 1 aromatic carbocycles. The van der Waals surface area contributed by atoms with Crippen LogP contribution in [-0.2, 0) is 4.79 Å². The van der Waals surface area contributed by atoms with E-state index in [9.17, 15) is 4.79 Å². The van der Waals surface area contributed by atoms with Gasteiger partial charge in [-0.2, -0.15) is 0 Å². The van der Waals surface area contributed by atoms with Gasteiger partial charge in [-0.25, -0.2) is 0 Å². The van der Waals surface area contributed by atoms with Gasteiger partial charge >= 0.3 is 5.97 Å². The zero-order valence-corrected chi connectivity index (χ0v) is 11.0. The number of hydrogen-bond acceptors (Lipinski definition) is 2. The number of rotatable bonds is 4. The summed E-state index contributed by atoms with van der Waals surface area (Å²) < 4.78 is 0.944. The minimum atomic E-state index is -0.883. The molecule has 0 amide bonds. The van der Waals surface area contributed by atoms with Gasteiger partial charge in [-0.1, -0.05) is 41.9 Å². The largest absolute Gasteiger partial charge is 0.481 e. The van der Waals surface area contributed by atoms with Crippen molar-refractivity contribution in [2.75, 3.05) is 6.54 Å². The highest BCUT2D eigenvalue weighted by Crippen LogP contribution is 2.28. The molecule has 0 aliphatic carbocycles. The van der Waals surface area contributed by atoms with E-state index in [1.165, 1.54) is 5.56 Å². The maximum Gasteiger partial charge on any atom is 0.312 e. The van der Waals surface area contributed by atoms with Gasteiger partial charge in [0.1, 0.15) is 0 Å². The van der Waals surface area contributed by atoms with Crippen LogP contribution in [0.25, 0.3) is 0 Å². The summed E-state index contributed by atoms with van der Waals surface area (Å²) >= 11 is 3.46. The maximum atomic E-state index is 11.0. The Morgan fingerprint density at radius 2 is 2.12 bits per heavy atom. The Kier molecular flexibility index (Phi) is 4.50. The second-order valence-electron chi connectivity index (χ2n) is 4.06. The van der Waals surface area contributed by atoms with E-state index in [1.807, 2.05) is 18.2 Å². The van der Waals surface area contributed by atoms with Gasteiger partial charge in [0.25, 0.3) is 0 Å². The summed E-state index contributed by atoms with van der Waals surface area (Å²) in [5, 5.41) is 9.00. The van der Waals surface area contributed by atoms with Crippen LogP contribution in [0.5, 0.6) is 0 Å². The lowest BCUT2D eigenvalue weighted by atomic mass is 9.95. The molecule has 1 atom stereocenters. The van der Waals surface area contributed by atoms with Crippen LogP contribution < -0.4 is 5.73 Å². The van der Waals surface area contributed by atoms with E-state index >= 15 is 0 Å². The molecule has 0 heterocycles. The number of halogens is 1. The first-order chi connectivity index (χ1) is 7.47. The lowest BCUT2D eigenvalue weighted by molar-refractivity contribution is -0.138. The summed E-state index contributed by atoms with van der Waals surface area (Å²) in [5.41, 5.74) is 7.37. The van der Waals surface area contributed by atoms with Gasteiger partial charge in [0.2, 0.25) is 0 Å². The normalized spacial score (nSPS) is 12.8. The van der Waals surface area contributed by atoms with Crippen molar-refractivity contribution in [1.29, 1.82) is 0 Å². The molecule has 1 unspecified atom stereocenters. The van der Waals surface area contributed by atoms with E-state index in [0.29, 0.717) is 5.92 Å². The van der Waals surface area contributed by atoms with E-state index in [4.69, 9.17) is 10.8 Å². The molecule has 3 nitrogen and oxygen atoms in total. The van der Waals surface area contributed by atoms with Crippen LogP contribution in [0.2, 0.25) is 0 Å². The summed E-state index contributed by atoms with van der Waals surface area (Å²) in [4.78, 5) is 11.0. The van der Waals surface area contributed by atoms with Crippen molar-refractivity contribution in [1.82, 2.24) is 0 Å². The molecule has 3 N–H and O–H groups in total. The quantitative estimate of drug-likeness (QED) is 0.894. The predicted molar refractivity (Wildman–Crippen MR) is 67.7 cm³/mol. The zero-order valence-electron chi connectivity index (χ0n) is 9.40. The van der Waals surface area contributed by atoms with E-state index < -0.39 is 11.9 Å². The van der Waals surface area contributed by atoms with Crippen molar-refractivity contribution in [3.05, 3.63) is 33.8 Å². The molecule has 4 heteroatoms. The van der Waals surface area contributed by atoms with Gasteiger partial charge < -0.3 is 10.8 Å². The molecule has 0 aliphatic heterocycles.